The van der Waals surface area contributed by atoms with Crippen LogP contribution in [0, 0.1) is 0 Å². The summed E-state index contributed by atoms with van der Waals surface area (Å²) in [6.45, 7) is 3.10. The molecule has 0 bridgehead atoms. The number of carbonyl (C=O) groups is 1. The van der Waals surface area contributed by atoms with Crippen LogP contribution in [0.15, 0.2) is 30.5 Å². The molecule has 1 aromatic heterocycles. The van der Waals surface area contributed by atoms with Crippen molar-refractivity contribution in [2.45, 2.75) is 19.9 Å². The standard InChI is InChI=1S/C13H17N3O/c1-2-6-15-13(17)9-16-7-5-10-3-4-11(14)8-12(10)16/h3-5,7-8H,2,6,9,14H2,1H3,(H,15,17). The Balaban J connectivity index is 2.18. The minimum Gasteiger partial charge on any atom is -0.399 e. The van der Waals surface area contributed by atoms with Gasteiger partial charge in [0.2, 0.25) is 5.91 Å². The molecule has 2 aromatic rings. The van der Waals surface area contributed by atoms with Gasteiger partial charge in [-0.1, -0.05) is 13.0 Å². The fourth-order valence-corrected chi connectivity index (χ4v) is 1.81. The average Bonchev–Trinajstić information content (AvgIpc) is 2.69. The van der Waals surface area contributed by atoms with Crippen molar-refractivity contribution in [3.05, 3.63) is 30.5 Å². The zero-order valence-electron chi connectivity index (χ0n) is 9.94. The summed E-state index contributed by atoms with van der Waals surface area (Å²) in [4.78, 5) is 11.6. The Kier molecular flexibility index (Phi) is 3.32. The van der Waals surface area contributed by atoms with Gasteiger partial charge in [-0.25, -0.2) is 0 Å². The van der Waals surface area contributed by atoms with E-state index < -0.39 is 0 Å². The highest BCUT2D eigenvalue weighted by Gasteiger charge is 2.05. The van der Waals surface area contributed by atoms with Gasteiger partial charge in [-0.2, -0.15) is 0 Å². The van der Waals surface area contributed by atoms with Gasteiger partial charge < -0.3 is 15.6 Å². The fraction of sp³-hybridized carbons (Fsp3) is 0.308. The highest BCUT2D eigenvalue weighted by molar-refractivity contribution is 5.85. The lowest BCUT2D eigenvalue weighted by Crippen LogP contribution is -2.27. The Morgan fingerprint density at radius 2 is 2.24 bits per heavy atom. The van der Waals surface area contributed by atoms with Crippen molar-refractivity contribution in [1.82, 2.24) is 9.88 Å². The Hall–Kier alpha value is -1.97. The summed E-state index contributed by atoms with van der Waals surface area (Å²) in [5.41, 5.74) is 7.46. The normalized spacial score (nSPS) is 10.6. The summed E-state index contributed by atoms with van der Waals surface area (Å²) in [6.07, 6.45) is 2.86. The summed E-state index contributed by atoms with van der Waals surface area (Å²) in [6, 6.07) is 7.71. The topological polar surface area (TPSA) is 60.0 Å². The van der Waals surface area contributed by atoms with Crippen LogP contribution < -0.4 is 11.1 Å². The van der Waals surface area contributed by atoms with Gasteiger partial charge in [-0.15, -0.1) is 0 Å². The van der Waals surface area contributed by atoms with E-state index >= 15 is 0 Å². The van der Waals surface area contributed by atoms with Crippen LogP contribution in [0.3, 0.4) is 0 Å². The SMILES string of the molecule is CCCNC(=O)Cn1ccc2ccc(N)cc21. The Morgan fingerprint density at radius 1 is 1.41 bits per heavy atom. The van der Waals surface area contributed by atoms with Gasteiger partial charge in [-0.3, -0.25) is 4.79 Å². The maximum atomic E-state index is 11.6. The number of nitrogens with two attached hydrogens (primary N) is 1. The number of rotatable bonds is 4. The number of fused-ring (bicyclic) bond motifs is 1. The summed E-state index contributed by atoms with van der Waals surface area (Å²) in [7, 11) is 0. The second kappa shape index (κ2) is 4.91. The largest absolute Gasteiger partial charge is 0.399 e. The molecule has 0 fully saturated rings. The van der Waals surface area contributed by atoms with Crippen LogP contribution in [-0.2, 0) is 11.3 Å². The van der Waals surface area contributed by atoms with Crippen LogP contribution in [0.25, 0.3) is 10.9 Å². The van der Waals surface area contributed by atoms with Gasteiger partial charge in [0, 0.05) is 18.4 Å². The molecule has 0 aliphatic carbocycles. The van der Waals surface area contributed by atoms with Crippen molar-refractivity contribution >= 4 is 22.5 Å². The highest BCUT2D eigenvalue weighted by atomic mass is 16.1. The van der Waals surface area contributed by atoms with E-state index in [1.165, 1.54) is 0 Å². The van der Waals surface area contributed by atoms with Crippen molar-refractivity contribution in [1.29, 1.82) is 0 Å². The lowest BCUT2D eigenvalue weighted by atomic mass is 10.2. The second-order valence-corrected chi connectivity index (χ2v) is 4.11. The van der Waals surface area contributed by atoms with Crippen molar-refractivity contribution in [3.8, 4) is 0 Å². The molecule has 17 heavy (non-hydrogen) atoms. The summed E-state index contributed by atoms with van der Waals surface area (Å²) >= 11 is 0. The molecule has 0 spiro atoms. The molecule has 4 heteroatoms. The monoisotopic (exact) mass is 231 g/mol. The highest BCUT2D eigenvalue weighted by Crippen LogP contribution is 2.18. The number of hydrogen-bond acceptors (Lipinski definition) is 2. The van der Waals surface area contributed by atoms with Crippen molar-refractivity contribution in [3.63, 3.8) is 0 Å². The minimum absolute atomic E-state index is 0.0341. The predicted molar refractivity (Wildman–Crippen MR) is 69.7 cm³/mol. The maximum absolute atomic E-state index is 11.6. The third-order valence-corrected chi connectivity index (χ3v) is 2.68. The van der Waals surface area contributed by atoms with E-state index in [0.29, 0.717) is 12.2 Å². The smallest absolute Gasteiger partial charge is 0.239 e. The maximum Gasteiger partial charge on any atom is 0.239 e. The van der Waals surface area contributed by atoms with Gasteiger partial charge in [0.25, 0.3) is 0 Å². The number of nitrogens with zero attached hydrogens (tertiary/aromatic N) is 1. The molecule has 0 atom stereocenters. The Morgan fingerprint density at radius 3 is 3.00 bits per heavy atom. The molecule has 0 saturated heterocycles. The van der Waals surface area contributed by atoms with Gasteiger partial charge in [0.05, 0.1) is 5.52 Å². The minimum atomic E-state index is 0.0341. The Bertz CT molecular complexity index is 530. The zero-order chi connectivity index (χ0) is 12.3. The lowest BCUT2D eigenvalue weighted by Gasteiger charge is -2.06. The number of nitrogen functional groups attached to an aromatic ring is 1. The summed E-state index contributed by atoms with van der Waals surface area (Å²) < 4.78 is 1.91. The molecule has 0 radical (unpaired) electrons. The molecule has 0 aliphatic heterocycles. The number of benzene rings is 1. The van der Waals surface area contributed by atoms with Crippen LogP contribution >= 0.6 is 0 Å². The molecule has 90 valence electrons. The van der Waals surface area contributed by atoms with E-state index in [2.05, 4.69) is 5.32 Å². The number of nitrogens with one attached hydrogen (secondary N) is 1. The fourth-order valence-electron chi connectivity index (χ4n) is 1.81. The number of amides is 1. The van der Waals surface area contributed by atoms with E-state index in [1.807, 2.05) is 42.0 Å². The van der Waals surface area contributed by atoms with Crippen LogP contribution in [0.5, 0.6) is 0 Å². The molecule has 1 aromatic carbocycles. The molecule has 0 unspecified atom stereocenters. The van der Waals surface area contributed by atoms with Crippen LogP contribution in [0.1, 0.15) is 13.3 Å². The molecule has 1 heterocycles. The Labute approximate surface area is 100 Å². The zero-order valence-corrected chi connectivity index (χ0v) is 9.94. The van der Waals surface area contributed by atoms with Gasteiger partial charge in [0.1, 0.15) is 6.54 Å². The van der Waals surface area contributed by atoms with Gasteiger partial charge >= 0.3 is 0 Å². The average molecular weight is 231 g/mol. The van der Waals surface area contributed by atoms with E-state index in [-0.39, 0.29) is 5.91 Å². The van der Waals surface area contributed by atoms with E-state index in [0.717, 1.165) is 23.9 Å². The second-order valence-electron chi connectivity index (χ2n) is 4.11. The molecule has 4 nitrogen and oxygen atoms in total. The molecule has 1 amide bonds. The van der Waals surface area contributed by atoms with Gasteiger partial charge in [0.15, 0.2) is 0 Å². The molecule has 0 aliphatic rings. The number of hydrogen-bond donors (Lipinski definition) is 2. The quantitative estimate of drug-likeness (QED) is 0.787. The predicted octanol–water partition coefficient (Wildman–Crippen LogP) is 1.75. The first-order valence-corrected chi connectivity index (χ1v) is 5.82. The van der Waals surface area contributed by atoms with Crippen molar-refractivity contribution < 1.29 is 4.79 Å². The summed E-state index contributed by atoms with van der Waals surface area (Å²) in [5, 5.41) is 3.96. The first kappa shape index (κ1) is 11.5. The molecule has 0 saturated carbocycles. The third-order valence-electron chi connectivity index (χ3n) is 2.68. The van der Waals surface area contributed by atoms with Crippen molar-refractivity contribution in [2.75, 3.05) is 12.3 Å². The first-order valence-electron chi connectivity index (χ1n) is 5.82. The van der Waals surface area contributed by atoms with Crippen LogP contribution in [0.2, 0.25) is 0 Å². The number of anilines is 1. The lowest BCUT2D eigenvalue weighted by molar-refractivity contribution is -0.121. The molecule has 2 rings (SSSR count). The number of carbonyl (C=O) groups excluding carboxylic acids is 1. The first-order chi connectivity index (χ1) is 8.20. The number of aromatic nitrogens is 1. The molecular formula is C13H17N3O. The van der Waals surface area contributed by atoms with Crippen LogP contribution in [0.4, 0.5) is 5.69 Å². The van der Waals surface area contributed by atoms with E-state index in [9.17, 15) is 4.79 Å². The van der Waals surface area contributed by atoms with Crippen molar-refractivity contribution in [2.24, 2.45) is 0 Å². The van der Waals surface area contributed by atoms with Crippen LogP contribution in [-0.4, -0.2) is 17.0 Å². The van der Waals surface area contributed by atoms with Gasteiger partial charge in [-0.05, 0) is 30.0 Å². The molecular weight excluding hydrogens is 214 g/mol. The molecule has 3 N–H and O–H groups in total. The van der Waals surface area contributed by atoms with E-state index in [4.69, 9.17) is 5.73 Å². The van der Waals surface area contributed by atoms with E-state index in [1.54, 1.807) is 0 Å². The third kappa shape index (κ3) is 2.58. The summed E-state index contributed by atoms with van der Waals surface area (Å²) in [5.74, 6) is 0.0341.